The predicted octanol–water partition coefficient (Wildman–Crippen LogP) is 1.39. The van der Waals surface area contributed by atoms with Gasteiger partial charge in [-0.1, -0.05) is 6.92 Å². The first kappa shape index (κ1) is 13.1. The van der Waals surface area contributed by atoms with E-state index in [2.05, 4.69) is 11.2 Å². The van der Waals surface area contributed by atoms with Crippen LogP contribution in [0.25, 0.3) is 0 Å². The minimum Gasteiger partial charge on any atom is -0.341 e. The van der Waals surface area contributed by atoms with Gasteiger partial charge in [0, 0.05) is 19.5 Å². The second-order valence-corrected chi connectivity index (χ2v) is 4.24. The Labute approximate surface area is 98.6 Å². The van der Waals surface area contributed by atoms with Crippen LogP contribution in [-0.2, 0) is 4.79 Å². The van der Waals surface area contributed by atoms with Crippen molar-refractivity contribution < 1.29 is 4.79 Å². The highest BCUT2D eigenvalue weighted by atomic mass is 16.2. The largest absolute Gasteiger partial charge is 0.341 e. The number of nitrogens with one attached hydrogen (secondary N) is 1. The standard InChI is InChI=1S/C13H22N2O/c1-3-5-6-7-10-15-11-8-9-12(13(15)16)14-4-2/h1,12,14H,4-11H2,2H3. The van der Waals surface area contributed by atoms with Crippen molar-refractivity contribution in [3.63, 3.8) is 0 Å². The third kappa shape index (κ3) is 3.86. The number of amides is 1. The van der Waals surface area contributed by atoms with Gasteiger partial charge in [-0.15, -0.1) is 12.3 Å². The summed E-state index contributed by atoms with van der Waals surface area (Å²) in [5, 5.41) is 3.24. The fourth-order valence-corrected chi connectivity index (χ4v) is 2.13. The molecular weight excluding hydrogens is 200 g/mol. The molecule has 0 spiro atoms. The molecule has 1 heterocycles. The van der Waals surface area contributed by atoms with Crippen molar-refractivity contribution in [2.75, 3.05) is 19.6 Å². The van der Waals surface area contributed by atoms with E-state index in [4.69, 9.17) is 6.42 Å². The maximum atomic E-state index is 12.0. The van der Waals surface area contributed by atoms with Gasteiger partial charge in [0.2, 0.25) is 5.91 Å². The number of likely N-dealkylation sites (tertiary alicyclic amines) is 1. The number of likely N-dealkylation sites (N-methyl/N-ethyl adjacent to an activating group) is 1. The first-order valence-corrected chi connectivity index (χ1v) is 6.25. The van der Waals surface area contributed by atoms with Crippen LogP contribution in [0.5, 0.6) is 0 Å². The second kappa shape index (κ2) is 7.29. The number of piperidine rings is 1. The number of hydrogen-bond donors (Lipinski definition) is 1. The Bertz CT molecular complexity index is 255. The summed E-state index contributed by atoms with van der Waals surface area (Å²) in [5.74, 6) is 2.90. The third-order valence-electron chi connectivity index (χ3n) is 2.98. The first-order chi connectivity index (χ1) is 7.79. The molecule has 0 saturated carbocycles. The van der Waals surface area contributed by atoms with Crippen molar-refractivity contribution in [2.24, 2.45) is 0 Å². The fourth-order valence-electron chi connectivity index (χ4n) is 2.13. The molecule has 0 radical (unpaired) electrons. The molecule has 0 aromatic heterocycles. The van der Waals surface area contributed by atoms with E-state index < -0.39 is 0 Å². The molecule has 1 saturated heterocycles. The molecule has 90 valence electrons. The van der Waals surface area contributed by atoms with E-state index in [0.29, 0.717) is 0 Å². The molecule has 1 fully saturated rings. The van der Waals surface area contributed by atoms with Gasteiger partial charge >= 0.3 is 0 Å². The Morgan fingerprint density at radius 2 is 2.38 bits per heavy atom. The van der Waals surface area contributed by atoms with Gasteiger partial charge in [0.1, 0.15) is 0 Å². The quantitative estimate of drug-likeness (QED) is 0.544. The van der Waals surface area contributed by atoms with Crippen LogP contribution in [0.3, 0.4) is 0 Å². The zero-order valence-corrected chi connectivity index (χ0v) is 10.2. The lowest BCUT2D eigenvalue weighted by Crippen LogP contribution is -2.50. The van der Waals surface area contributed by atoms with Crippen molar-refractivity contribution in [2.45, 2.75) is 45.1 Å². The second-order valence-electron chi connectivity index (χ2n) is 4.24. The lowest BCUT2D eigenvalue weighted by molar-refractivity contribution is -0.136. The average molecular weight is 222 g/mol. The van der Waals surface area contributed by atoms with Gasteiger partial charge in [0.15, 0.2) is 0 Å². The molecule has 1 atom stereocenters. The Balaban J connectivity index is 2.30. The molecule has 3 nitrogen and oxygen atoms in total. The maximum absolute atomic E-state index is 12.0. The molecule has 1 N–H and O–H groups in total. The van der Waals surface area contributed by atoms with Gasteiger partial charge in [0.25, 0.3) is 0 Å². The highest BCUT2D eigenvalue weighted by molar-refractivity contribution is 5.82. The number of nitrogens with zero attached hydrogens (tertiary/aromatic N) is 1. The summed E-state index contributed by atoms with van der Waals surface area (Å²) >= 11 is 0. The summed E-state index contributed by atoms with van der Waals surface area (Å²) in [6.45, 7) is 4.68. The maximum Gasteiger partial charge on any atom is 0.239 e. The zero-order chi connectivity index (χ0) is 11.8. The Morgan fingerprint density at radius 1 is 1.56 bits per heavy atom. The summed E-state index contributed by atoms with van der Waals surface area (Å²) in [7, 11) is 0. The number of carbonyl (C=O) groups is 1. The minimum absolute atomic E-state index is 0.0476. The molecule has 0 aromatic rings. The van der Waals surface area contributed by atoms with Crippen LogP contribution in [0.15, 0.2) is 0 Å². The lowest BCUT2D eigenvalue weighted by Gasteiger charge is -2.32. The first-order valence-electron chi connectivity index (χ1n) is 6.25. The molecule has 1 amide bonds. The third-order valence-corrected chi connectivity index (χ3v) is 2.98. The number of unbranched alkanes of at least 4 members (excludes halogenated alkanes) is 2. The van der Waals surface area contributed by atoms with Crippen LogP contribution in [0.4, 0.5) is 0 Å². The minimum atomic E-state index is 0.0476. The van der Waals surface area contributed by atoms with E-state index in [1.807, 2.05) is 11.8 Å². The number of carbonyl (C=O) groups excluding carboxylic acids is 1. The van der Waals surface area contributed by atoms with Gasteiger partial charge in [-0.05, 0) is 32.2 Å². The molecule has 1 aliphatic heterocycles. The normalized spacial score (nSPS) is 20.9. The van der Waals surface area contributed by atoms with E-state index in [0.717, 1.165) is 51.7 Å². The van der Waals surface area contributed by atoms with Gasteiger partial charge < -0.3 is 10.2 Å². The monoisotopic (exact) mass is 222 g/mol. The summed E-state index contributed by atoms with van der Waals surface area (Å²) in [4.78, 5) is 14.0. The van der Waals surface area contributed by atoms with Crippen LogP contribution in [0.1, 0.15) is 39.0 Å². The van der Waals surface area contributed by atoms with Gasteiger partial charge in [0.05, 0.1) is 6.04 Å². The number of terminal acetylenes is 1. The highest BCUT2D eigenvalue weighted by Crippen LogP contribution is 2.12. The zero-order valence-electron chi connectivity index (χ0n) is 10.2. The molecule has 1 rings (SSSR count). The molecule has 16 heavy (non-hydrogen) atoms. The smallest absolute Gasteiger partial charge is 0.239 e. The van der Waals surface area contributed by atoms with E-state index >= 15 is 0 Å². The SMILES string of the molecule is C#CCCCCN1CCCC(NCC)C1=O. The molecule has 0 aliphatic carbocycles. The summed E-state index contributed by atoms with van der Waals surface area (Å²) in [6.07, 6.45) is 10.1. The van der Waals surface area contributed by atoms with Crippen LogP contribution >= 0.6 is 0 Å². The van der Waals surface area contributed by atoms with E-state index in [-0.39, 0.29) is 11.9 Å². The van der Waals surface area contributed by atoms with Crippen molar-refractivity contribution in [3.05, 3.63) is 0 Å². The van der Waals surface area contributed by atoms with Gasteiger partial charge in [-0.2, -0.15) is 0 Å². The summed E-state index contributed by atoms with van der Waals surface area (Å²) in [5.41, 5.74) is 0. The molecule has 1 unspecified atom stereocenters. The van der Waals surface area contributed by atoms with Crippen molar-refractivity contribution in [1.29, 1.82) is 0 Å². The van der Waals surface area contributed by atoms with E-state index in [1.165, 1.54) is 0 Å². The summed E-state index contributed by atoms with van der Waals surface area (Å²) < 4.78 is 0. The molecule has 3 heteroatoms. The van der Waals surface area contributed by atoms with E-state index in [9.17, 15) is 4.79 Å². The summed E-state index contributed by atoms with van der Waals surface area (Å²) in [6, 6.07) is 0.0476. The van der Waals surface area contributed by atoms with Crippen LogP contribution in [-0.4, -0.2) is 36.5 Å². The highest BCUT2D eigenvalue weighted by Gasteiger charge is 2.27. The predicted molar refractivity (Wildman–Crippen MR) is 66.0 cm³/mol. The van der Waals surface area contributed by atoms with E-state index in [1.54, 1.807) is 0 Å². The number of rotatable bonds is 6. The Hall–Kier alpha value is -1.01. The molecular formula is C13H22N2O. The Kier molecular flexibility index (Phi) is 5.95. The van der Waals surface area contributed by atoms with Crippen LogP contribution < -0.4 is 5.32 Å². The van der Waals surface area contributed by atoms with Crippen molar-refractivity contribution in [3.8, 4) is 12.3 Å². The average Bonchev–Trinajstić information content (AvgIpc) is 2.29. The van der Waals surface area contributed by atoms with Crippen molar-refractivity contribution in [1.82, 2.24) is 10.2 Å². The van der Waals surface area contributed by atoms with Gasteiger partial charge in [-0.25, -0.2) is 0 Å². The Morgan fingerprint density at radius 3 is 3.06 bits per heavy atom. The molecule has 0 bridgehead atoms. The lowest BCUT2D eigenvalue weighted by atomic mass is 10.0. The van der Waals surface area contributed by atoms with Crippen LogP contribution in [0, 0.1) is 12.3 Å². The van der Waals surface area contributed by atoms with Gasteiger partial charge in [-0.3, -0.25) is 4.79 Å². The van der Waals surface area contributed by atoms with Crippen molar-refractivity contribution >= 4 is 5.91 Å². The topological polar surface area (TPSA) is 32.3 Å². The fraction of sp³-hybridized carbons (Fsp3) is 0.769. The molecule has 1 aliphatic rings. The molecule has 0 aromatic carbocycles. The van der Waals surface area contributed by atoms with Crippen LogP contribution in [0.2, 0.25) is 0 Å². The number of hydrogen-bond acceptors (Lipinski definition) is 2.